The van der Waals surface area contributed by atoms with Gasteiger partial charge in [0.1, 0.15) is 12.2 Å². The van der Waals surface area contributed by atoms with E-state index in [0.717, 1.165) is 12.1 Å². The summed E-state index contributed by atoms with van der Waals surface area (Å²) < 4.78 is 10.8. The molecule has 1 heterocycles. The van der Waals surface area contributed by atoms with E-state index in [-0.39, 0.29) is 34.3 Å². The molecule has 0 fully saturated rings. The van der Waals surface area contributed by atoms with Crippen LogP contribution in [0.5, 0.6) is 11.5 Å². The number of amides is 2. The van der Waals surface area contributed by atoms with Crippen molar-refractivity contribution in [2.24, 2.45) is 0 Å². The van der Waals surface area contributed by atoms with Crippen LogP contribution in [0.1, 0.15) is 26.4 Å². The Kier molecular flexibility index (Phi) is 7.00. The highest BCUT2D eigenvalue weighted by Crippen LogP contribution is 2.35. The van der Waals surface area contributed by atoms with Crippen molar-refractivity contribution in [1.82, 2.24) is 15.8 Å². The van der Waals surface area contributed by atoms with Crippen LogP contribution in [0.4, 0.5) is 5.69 Å². The maximum Gasteiger partial charge on any atom is 0.286 e. The number of nitrogens with one attached hydrogen (secondary N) is 2. The Morgan fingerprint density at radius 3 is 2.48 bits per heavy atom. The van der Waals surface area contributed by atoms with E-state index in [1.807, 2.05) is 0 Å². The fourth-order valence-electron chi connectivity index (χ4n) is 2.51. The number of hydrogen-bond donors (Lipinski definition) is 2. The van der Waals surface area contributed by atoms with Gasteiger partial charge in [-0.1, -0.05) is 23.7 Å². The van der Waals surface area contributed by atoms with E-state index in [0.29, 0.717) is 5.69 Å². The number of aromatic nitrogens is 1. The van der Waals surface area contributed by atoms with Gasteiger partial charge in [-0.2, -0.15) is 0 Å². The predicted molar refractivity (Wildman–Crippen MR) is 112 cm³/mol. The second-order valence-corrected chi connectivity index (χ2v) is 7.06. The summed E-state index contributed by atoms with van der Waals surface area (Å²) >= 11 is 7.32. The molecule has 12 heteroatoms. The van der Waals surface area contributed by atoms with E-state index in [4.69, 9.17) is 21.1 Å². The number of halogens is 1. The highest BCUT2D eigenvalue weighted by atomic mass is 35.5. The van der Waals surface area contributed by atoms with Crippen LogP contribution >= 0.6 is 22.9 Å². The van der Waals surface area contributed by atoms with E-state index in [1.165, 1.54) is 30.6 Å². The number of thiazole rings is 1. The number of nitrogens with zero attached hydrogens (tertiary/aromatic N) is 2. The number of hydrazine groups is 1. The van der Waals surface area contributed by atoms with Gasteiger partial charge < -0.3 is 9.47 Å². The molecule has 1 aromatic heterocycles. The van der Waals surface area contributed by atoms with Gasteiger partial charge in [0.25, 0.3) is 17.5 Å². The van der Waals surface area contributed by atoms with Crippen LogP contribution in [-0.4, -0.2) is 28.8 Å². The molecule has 0 saturated heterocycles. The standard InChI is InChI=1S/C19H15ClN4O6S/c1-29-16-6-13(19(26)23-22-18(25)12-4-2-3-5-14(12)20)15(24(27)28)7-17(16)30-8-11-9-31-10-21-11/h2-7,9-10H,8H2,1H3,(H,22,25)(H,23,26). The average Bonchev–Trinajstić information content (AvgIpc) is 3.29. The first-order valence-corrected chi connectivity index (χ1v) is 9.94. The molecular formula is C19H15ClN4O6S. The zero-order valence-electron chi connectivity index (χ0n) is 16.0. The van der Waals surface area contributed by atoms with Crippen molar-refractivity contribution in [3.05, 3.63) is 79.2 Å². The number of ether oxygens (including phenoxy) is 2. The van der Waals surface area contributed by atoms with Gasteiger partial charge in [-0.05, 0) is 12.1 Å². The van der Waals surface area contributed by atoms with Gasteiger partial charge in [0, 0.05) is 11.4 Å². The monoisotopic (exact) mass is 462 g/mol. The first kappa shape index (κ1) is 22.0. The number of hydrogen-bond acceptors (Lipinski definition) is 8. The molecule has 0 aliphatic rings. The maximum absolute atomic E-state index is 12.5. The Labute approximate surface area is 184 Å². The molecule has 0 unspecified atom stereocenters. The van der Waals surface area contributed by atoms with Crippen LogP contribution in [0, 0.1) is 10.1 Å². The van der Waals surface area contributed by atoms with Crippen LogP contribution in [0.15, 0.2) is 47.3 Å². The maximum atomic E-state index is 12.5. The number of carbonyl (C=O) groups excluding carboxylic acids is 2. The Morgan fingerprint density at radius 2 is 1.87 bits per heavy atom. The highest BCUT2D eigenvalue weighted by Gasteiger charge is 2.25. The predicted octanol–water partition coefficient (Wildman–Crippen LogP) is 3.37. The van der Waals surface area contributed by atoms with Crippen molar-refractivity contribution >= 4 is 40.4 Å². The molecule has 2 N–H and O–H groups in total. The third-order valence-electron chi connectivity index (χ3n) is 3.99. The van der Waals surface area contributed by atoms with Gasteiger partial charge >= 0.3 is 0 Å². The highest BCUT2D eigenvalue weighted by molar-refractivity contribution is 7.07. The van der Waals surface area contributed by atoms with E-state index >= 15 is 0 Å². The first-order chi connectivity index (χ1) is 14.9. The molecule has 2 aromatic carbocycles. The second-order valence-electron chi connectivity index (χ2n) is 5.93. The van der Waals surface area contributed by atoms with Crippen LogP contribution < -0.4 is 20.3 Å². The molecule has 2 amide bonds. The summed E-state index contributed by atoms with van der Waals surface area (Å²) in [5.41, 5.74) is 5.85. The van der Waals surface area contributed by atoms with Crippen molar-refractivity contribution in [3.63, 3.8) is 0 Å². The van der Waals surface area contributed by atoms with Crippen LogP contribution in [-0.2, 0) is 6.61 Å². The van der Waals surface area contributed by atoms with E-state index < -0.39 is 22.4 Å². The Hall–Kier alpha value is -3.70. The molecule has 3 rings (SSSR count). The third kappa shape index (κ3) is 5.27. The fraction of sp³-hybridized carbons (Fsp3) is 0.105. The number of benzene rings is 2. The van der Waals surface area contributed by atoms with Crippen LogP contribution in [0.3, 0.4) is 0 Å². The Balaban J connectivity index is 1.80. The van der Waals surface area contributed by atoms with Crippen molar-refractivity contribution in [1.29, 1.82) is 0 Å². The molecule has 0 aliphatic carbocycles. The molecule has 0 saturated carbocycles. The lowest BCUT2D eigenvalue weighted by Crippen LogP contribution is -2.42. The average molecular weight is 463 g/mol. The Morgan fingerprint density at radius 1 is 1.16 bits per heavy atom. The third-order valence-corrected chi connectivity index (χ3v) is 4.96. The quantitative estimate of drug-likeness (QED) is 0.406. The number of carbonyl (C=O) groups is 2. The molecule has 0 radical (unpaired) electrons. The zero-order chi connectivity index (χ0) is 22.4. The summed E-state index contributed by atoms with van der Waals surface area (Å²) in [5, 5.41) is 13.5. The summed E-state index contributed by atoms with van der Waals surface area (Å²) in [7, 11) is 1.33. The van der Waals surface area contributed by atoms with Gasteiger partial charge in [0.15, 0.2) is 11.5 Å². The second kappa shape index (κ2) is 9.87. The minimum atomic E-state index is -0.920. The van der Waals surface area contributed by atoms with Crippen molar-refractivity contribution < 1.29 is 24.0 Å². The van der Waals surface area contributed by atoms with E-state index in [2.05, 4.69) is 15.8 Å². The summed E-state index contributed by atoms with van der Waals surface area (Å²) in [6, 6.07) is 8.46. The zero-order valence-corrected chi connectivity index (χ0v) is 17.5. The van der Waals surface area contributed by atoms with Crippen LogP contribution in [0.2, 0.25) is 5.02 Å². The number of methoxy groups -OCH3 is 1. The minimum absolute atomic E-state index is 0.0659. The van der Waals surface area contributed by atoms with E-state index in [9.17, 15) is 19.7 Å². The largest absolute Gasteiger partial charge is 0.493 e. The van der Waals surface area contributed by atoms with Gasteiger partial charge in [-0.25, -0.2) is 4.98 Å². The summed E-state index contributed by atoms with van der Waals surface area (Å²) in [6.07, 6.45) is 0. The molecular weight excluding hydrogens is 448 g/mol. The lowest BCUT2D eigenvalue weighted by atomic mass is 10.1. The normalized spacial score (nSPS) is 10.3. The van der Waals surface area contributed by atoms with Gasteiger partial charge in [-0.15, -0.1) is 11.3 Å². The van der Waals surface area contributed by atoms with Gasteiger partial charge in [-0.3, -0.25) is 30.6 Å². The lowest BCUT2D eigenvalue weighted by molar-refractivity contribution is -0.385. The molecule has 0 spiro atoms. The number of nitro benzene ring substituents is 1. The summed E-state index contributed by atoms with van der Waals surface area (Å²) in [6.45, 7) is 0.0659. The van der Waals surface area contributed by atoms with Gasteiger partial charge in [0.2, 0.25) is 0 Å². The number of rotatable bonds is 7. The van der Waals surface area contributed by atoms with Crippen LogP contribution in [0.25, 0.3) is 0 Å². The molecule has 0 aliphatic heterocycles. The lowest BCUT2D eigenvalue weighted by Gasteiger charge is -2.13. The molecule has 0 bridgehead atoms. The topological polar surface area (TPSA) is 133 Å². The summed E-state index contributed by atoms with van der Waals surface area (Å²) in [4.78, 5) is 39.6. The number of nitro groups is 1. The van der Waals surface area contributed by atoms with E-state index in [1.54, 1.807) is 23.0 Å². The minimum Gasteiger partial charge on any atom is -0.493 e. The van der Waals surface area contributed by atoms with Crippen molar-refractivity contribution in [3.8, 4) is 11.5 Å². The molecule has 10 nitrogen and oxygen atoms in total. The molecule has 3 aromatic rings. The van der Waals surface area contributed by atoms with Gasteiger partial charge in [0.05, 0.1) is 39.9 Å². The molecule has 0 atom stereocenters. The Bertz CT molecular complexity index is 1120. The van der Waals surface area contributed by atoms with Crippen molar-refractivity contribution in [2.45, 2.75) is 6.61 Å². The first-order valence-electron chi connectivity index (χ1n) is 8.62. The molecule has 160 valence electrons. The SMILES string of the molecule is COc1cc(C(=O)NNC(=O)c2ccccc2Cl)c([N+](=O)[O-])cc1OCc1cscn1. The fourth-order valence-corrected chi connectivity index (χ4v) is 3.27. The summed E-state index contributed by atoms with van der Waals surface area (Å²) in [5.74, 6) is -1.43. The van der Waals surface area contributed by atoms with Crippen molar-refractivity contribution in [2.75, 3.05) is 7.11 Å². The molecule has 31 heavy (non-hydrogen) atoms. The smallest absolute Gasteiger partial charge is 0.286 e.